The van der Waals surface area contributed by atoms with Gasteiger partial charge < -0.3 is 15.3 Å². The number of aliphatic carboxylic acids is 1. The maximum Gasteiger partial charge on any atom is 0.317 e. The molecule has 1 unspecified atom stereocenters. The molecule has 1 rings (SSSR count). The third-order valence-electron chi connectivity index (χ3n) is 2.78. The molecule has 5 heteroatoms. The van der Waals surface area contributed by atoms with Gasteiger partial charge in [0.2, 0.25) is 0 Å². The van der Waals surface area contributed by atoms with Gasteiger partial charge in [0.15, 0.2) is 0 Å². The van der Waals surface area contributed by atoms with E-state index in [1.54, 1.807) is 4.90 Å². The number of carbonyl (C=O) groups is 2. The molecular weight excluding hydrogens is 208 g/mol. The van der Waals surface area contributed by atoms with Crippen LogP contribution in [0.5, 0.6) is 0 Å². The quantitative estimate of drug-likeness (QED) is 0.748. The van der Waals surface area contributed by atoms with Crippen LogP contribution in [0.4, 0.5) is 4.79 Å². The van der Waals surface area contributed by atoms with Crippen molar-refractivity contribution in [1.82, 2.24) is 10.2 Å². The van der Waals surface area contributed by atoms with Gasteiger partial charge in [-0.2, -0.15) is 0 Å². The van der Waals surface area contributed by atoms with Gasteiger partial charge in [-0.25, -0.2) is 4.79 Å². The zero-order valence-corrected chi connectivity index (χ0v) is 9.74. The minimum atomic E-state index is -0.861. The Balaban J connectivity index is 2.39. The Morgan fingerprint density at radius 3 is 2.50 bits per heavy atom. The van der Waals surface area contributed by atoms with E-state index in [2.05, 4.69) is 5.32 Å². The Morgan fingerprint density at radius 2 is 2.00 bits per heavy atom. The highest BCUT2D eigenvalue weighted by molar-refractivity contribution is 5.76. The van der Waals surface area contributed by atoms with Crippen LogP contribution in [0, 0.1) is 0 Å². The van der Waals surface area contributed by atoms with Crippen molar-refractivity contribution in [1.29, 1.82) is 0 Å². The van der Waals surface area contributed by atoms with Crippen LogP contribution in [0.1, 0.15) is 39.0 Å². The zero-order valence-electron chi connectivity index (χ0n) is 9.74. The monoisotopic (exact) mass is 228 g/mol. The molecule has 0 aromatic carbocycles. The van der Waals surface area contributed by atoms with E-state index in [9.17, 15) is 9.59 Å². The molecule has 1 heterocycles. The first-order valence-corrected chi connectivity index (χ1v) is 5.90. The van der Waals surface area contributed by atoms with Crippen molar-refractivity contribution in [3.63, 3.8) is 0 Å². The second kappa shape index (κ2) is 6.35. The minimum absolute atomic E-state index is 0.00736. The molecule has 92 valence electrons. The molecule has 0 radical (unpaired) electrons. The van der Waals surface area contributed by atoms with Gasteiger partial charge in [0.25, 0.3) is 0 Å². The second-order valence-electron chi connectivity index (χ2n) is 4.23. The van der Waals surface area contributed by atoms with Crippen molar-refractivity contribution in [2.24, 2.45) is 0 Å². The van der Waals surface area contributed by atoms with E-state index in [1.165, 1.54) is 0 Å². The van der Waals surface area contributed by atoms with Crippen LogP contribution >= 0.6 is 0 Å². The molecule has 0 bridgehead atoms. The molecule has 0 saturated carbocycles. The predicted molar refractivity (Wildman–Crippen MR) is 60.3 cm³/mol. The Labute approximate surface area is 95.8 Å². The van der Waals surface area contributed by atoms with Crippen molar-refractivity contribution in [3.8, 4) is 0 Å². The summed E-state index contributed by atoms with van der Waals surface area (Å²) in [6.45, 7) is 3.56. The van der Waals surface area contributed by atoms with Crippen molar-refractivity contribution in [2.45, 2.75) is 45.1 Å². The summed E-state index contributed by atoms with van der Waals surface area (Å²) >= 11 is 0. The number of urea groups is 1. The van der Waals surface area contributed by atoms with E-state index in [0.29, 0.717) is 6.42 Å². The first-order valence-electron chi connectivity index (χ1n) is 5.90. The summed E-state index contributed by atoms with van der Waals surface area (Å²) in [7, 11) is 0. The molecule has 2 amide bonds. The number of carbonyl (C=O) groups excluding carboxylic acids is 1. The fourth-order valence-electron chi connectivity index (χ4n) is 1.97. The van der Waals surface area contributed by atoms with Gasteiger partial charge in [-0.1, -0.05) is 13.3 Å². The fourth-order valence-corrected chi connectivity index (χ4v) is 1.97. The highest BCUT2D eigenvalue weighted by Gasteiger charge is 2.21. The number of carboxylic acid groups (broad SMARTS) is 1. The van der Waals surface area contributed by atoms with Crippen molar-refractivity contribution < 1.29 is 14.7 Å². The summed E-state index contributed by atoms with van der Waals surface area (Å²) in [5.41, 5.74) is 0. The summed E-state index contributed by atoms with van der Waals surface area (Å²) in [6.07, 6.45) is 3.69. The van der Waals surface area contributed by atoms with Crippen molar-refractivity contribution in [3.05, 3.63) is 0 Å². The summed E-state index contributed by atoms with van der Waals surface area (Å²) in [6, 6.07) is -0.354. The molecule has 0 spiro atoms. The molecule has 5 nitrogen and oxygen atoms in total. The zero-order chi connectivity index (χ0) is 12.0. The molecule has 1 saturated heterocycles. The lowest BCUT2D eigenvalue weighted by molar-refractivity contribution is -0.137. The van der Waals surface area contributed by atoms with Crippen LogP contribution in [0.2, 0.25) is 0 Å². The lowest BCUT2D eigenvalue weighted by atomic mass is 10.1. The number of amides is 2. The Morgan fingerprint density at radius 1 is 1.38 bits per heavy atom. The van der Waals surface area contributed by atoms with E-state index < -0.39 is 5.97 Å². The molecule has 16 heavy (non-hydrogen) atoms. The van der Waals surface area contributed by atoms with Gasteiger partial charge in [0, 0.05) is 19.1 Å². The highest BCUT2D eigenvalue weighted by Crippen LogP contribution is 2.09. The second-order valence-corrected chi connectivity index (χ2v) is 4.23. The number of nitrogens with zero attached hydrogens (tertiary/aromatic N) is 1. The number of likely N-dealkylation sites (tertiary alicyclic amines) is 1. The lowest BCUT2D eigenvalue weighted by Gasteiger charge is -2.21. The van der Waals surface area contributed by atoms with Gasteiger partial charge >= 0.3 is 12.0 Å². The number of rotatable bonds is 5. The van der Waals surface area contributed by atoms with E-state index in [0.717, 1.165) is 32.4 Å². The third kappa shape index (κ3) is 4.08. The smallest absolute Gasteiger partial charge is 0.317 e. The van der Waals surface area contributed by atoms with Gasteiger partial charge in [-0.05, 0) is 19.3 Å². The topological polar surface area (TPSA) is 69.6 Å². The maximum absolute atomic E-state index is 11.7. The molecule has 1 atom stereocenters. The molecular formula is C11H20N2O3. The largest absolute Gasteiger partial charge is 0.481 e. The van der Waals surface area contributed by atoms with Crippen LogP contribution in [0.25, 0.3) is 0 Å². The maximum atomic E-state index is 11.7. The Bertz CT molecular complexity index is 250. The van der Waals surface area contributed by atoms with Crippen molar-refractivity contribution in [2.75, 3.05) is 13.1 Å². The van der Waals surface area contributed by atoms with E-state index in [-0.39, 0.29) is 18.5 Å². The molecule has 1 aliphatic rings. The number of hydrogen-bond acceptors (Lipinski definition) is 2. The molecule has 0 aliphatic carbocycles. The summed E-state index contributed by atoms with van der Waals surface area (Å²) in [5.74, 6) is -0.861. The van der Waals surface area contributed by atoms with Gasteiger partial charge in [0.1, 0.15) is 0 Å². The average Bonchev–Trinajstić information content (AvgIpc) is 2.69. The molecule has 2 N–H and O–H groups in total. The van der Waals surface area contributed by atoms with Crippen LogP contribution in [-0.4, -0.2) is 41.1 Å². The van der Waals surface area contributed by atoms with Gasteiger partial charge in [-0.15, -0.1) is 0 Å². The van der Waals surface area contributed by atoms with Crippen LogP contribution in [0.3, 0.4) is 0 Å². The molecule has 0 aromatic rings. The Kier molecular flexibility index (Phi) is 5.08. The van der Waals surface area contributed by atoms with E-state index >= 15 is 0 Å². The number of nitrogens with one attached hydrogen (secondary N) is 1. The minimum Gasteiger partial charge on any atom is -0.481 e. The molecule has 0 aromatic heterocycles. The summed E-state index contributed by atoms with van der Waals surface area (Å²) in [5, 5.41) is 11.5. The first kappa shape index (κ1) is 12.8. The fraction of sp³-hybridized carbons (Fsp3) is 0.818. The average molecular weight is 228 g/mol. The predicted octanol–water partition coefficient (Wildman–Crippen LogP) is 1.44. The van der Waals surface area contributed by atoms with E-state index in [1.807, 2.05) is 6.92 Å². The first-order chi connectivity index (χ1) is 7.63. The van der Waals surface area contributed by atoms with Gasteiger partial charge in [0.05, 0.1) is 6.42 Å². The SMILES string of the molecule is CCCC(CC(=O)O)NC(=O)N1CCCC1. The molecule has 1 fully saturated rings. The van der Waals surface area contributed by atoms with Crippen LogP contribution < -0.4 is 5.32 Å². The normalized spacial score (nSPS) is 17.2. The standard InChI is InChI=1S/C11H20N2O3/c1-2-5-9(8-10(14)15)12-11(16)13-6-3-4-7-13/h9H,2-8H2,1H3,(H,12,16)(H,14,15). The van der Waals surface area contributed by atoms with Gasteiger partial charge in [-0.3, -0.25) is 4.79 Å². The van der Waals surface area contributed by atoms with E-state index in [4.69, 9.17) is 5.11 Å². The summed E-state index contributed by atoms with van der Waals surface area (Å²) < 4.78 is 0. The number of carboxylic acids is 1. The molecule has 1 aliphatic heterocycles. The summed E-state index contributed by atoms with van der Waals surface area (Å²) in [4.78, 5) is 24.1. The Hall–Kier alpha value is -1.26. The van der Waals surface area contributed by atoms with Crippen LogP contribution in [0.15, 0.2) is 0 Å². The van der Waals surface area contributed by atoms with Crippen molar-refractivity contribution >= 4 is 12.0 Å². The number of hydrogen-bond donors (Lipinski definition) is 2. The highest BCUT2D eigenvalue weighted by atomic mass is 16.4. The van der Waals surface area contributed by atoms with Crippen LogP contribution in [-0.2, 0) is 4.79 Å². The lowest BCUT2D eigenvalue weighted by Crippen LogP contribution is -2.44. The third-order valence-corrected chi connectivity index (χ3v) is 2.78.